The van der Waals surface area contributed by atoms with Crippen molar-refractivity contribution in [2.45, 2.75) is 18.7 Å². The number of aromatic nitrogens is 1. The predicted octanol–water partition coefficient (Wildman–Crippen LogP) is 2.97. The van der Waals surface area contributed by atoms with E-state index in [4.69, 9.17) is 11.6 Å². The van der Waals surface area contributed by atoms with E-state index in [1.54, 1.807) is 13.0 Å². The number of hydrogen-bond donors (Lipinski definition) is 1. The lowest BCUT2D eigenvalue weighted by molar-refractivity contribution is 0.589. The number of nitrogens with one attached hydrogen (secondary N) is 1. The molecule has 5 nitrogen and oxygen atoms in total. The molecule has 0 radical (unpaired) electrons. The summed E-state index contributed by atoms with van der Waals surface area (Å²) >= 11 is 5.83. The van der Waals surface area contributed by atoms with E-state index < -0.39 is 10.0 Å². The van der Waals surface area contributed by atoms with Crippen molar-refractivity contribution in [2.75, 3.05) is 22.7 Å². The Morgan fingerprint density at radius 3 is 2.77 bits per heavy atom. The van der Waals surface area contributed by atoms with Gasteiger partial charge in [0.1, 0.15) is 10.0 Å². The van der Waals surface area contributed by atoms with Crippen LogP contribution < -0.4 is 9.62 Å². The lowest BCUT2D eigenvalue weighted by Gasteiger charge is -2.32. The van der Waals surface area contributed by atoms with E-state index in [2.05, 4.69) is 10.3 Å². The number of fused-ring (bicyclic) bond motifs is 1. The molecule has 0 bridgehead atoms. The van der Waals surface area contributed by atoms with Gasteiger partial charge in [-0.25, -0.2) is 13.4 Å². The number of nitrogens with zero attached hydrogens (tertiary/aromatic N) is 2. The molecule has 0 fully saturated rings. The van der Waals surface area contributed by atoms with Crippen LogP contribution in [0.5, 0.6) is 0 Å². The number of pyridine rings is 1. The Hall–Kier alpha value is -1.79. The first kappa shape index (κ1) is 15.1. The summed E-state index contributed by atoms with van der Waals surface area (Å²) in [5.74, 6) is 0. The summed E-state index contributed by atoms with van der Waals surface area (Å²) in [5, 5.41) is 3.52. The van der Waals surface area contributed by atoms with Gasteiger partial charge >= 0.3 is 0 Å². The molecule has 0 aliphatic carbocycles. The zero-order chi connectivity index (χ0) is 15.9. The van der Waals surface area contributed by atoms with Crippen LogP contribution in [0.4, 0.5) is 11.4 Å². The zero-order valence-electron chi connectivity index (χ0n) is 12.3. The number of rotatable bonds is 2. The van der Waals surface area contributed by atoms with E-state index in [-0.39, 0.29) is 10.0 Å². The molecule has 0 saturated carbocycles. The maximum Gasteiger partial charge on any atom is 0.266 e. The molecule has 22 heavy (non-hydrogen) atoms. The first-order valence-electron chi connectivity index (χ1n) is 6.89. The molecule has 2 heterocycles. The molecule has 0 amide bonds. The molecule has 3 rings (SSSR count). The van der Waals surface area contributed by atoms with Crippen molar-refractivity contribution in [1.29, 1.82) is 0 Å². The van der Waals surface area contributed by atoms with Crippen molar-refractivity contribution in [1.82, 2.24) is 4.98 Å². The Kier molecular flexibility index (Phi) is 3.74. The minimum Gasteiger partial charge on any atom is -0.382 e. The molecule has 1 aromatic heterocycles. The monoisotopic (exact) mass is 337 g/mol. The van der Waals surface area contributed by atoms with E-state index in [1.165, 1.54) is 10.5 Å². The second kappa shape index (κ2) is 5.44. The highest BCUT2D eigenvalue weighted by atomic mass is 35.5. The van der Waals surface area contributed by atoms with Crippen molar-refractivity contribution in [2.24, 2.45) is 0 Å². The highest BCUT2D eigenvalue weighted by Crippen LogP contribution is 2.36. The van der Waals surface area contributed by atoms with Crippen molar-refractivity contribution in [3.63, 3.8) is 0 Å². The molecule has 0 spiro atoms. The fourth-order valence-corrected chi connectivity index (χ4v) is 4.59. The normalized spacial score (nSPS) is 14.4. The molecule has 116 valence electrons. The number of halogens is 1. The number of anilines is 2. The second-order valence-corrected chi connectivity index (χ2v) is 7.47. The van der Waals surface area contributed by atoms with E-state index >= 15 is 0 Å². The molecule has 1 aliphatic rings. The summed E-state index contributed by atoms with van der Waals surface area (Å²) < 4.78 is 27.5. The van der Waals surface area contributed by atoms with Gasteiger partial charge in [-0.2, -0.15) is 0 Å². The fraction of sp³-hybridized carbons (Fsp3) is 0.267. The summed E-state index contributed by atoms with van der Waals surface area (Å²) in [7, 11) is -3.67. The molecular weight excluding hydrogens is 322 g/mol. The van der Waals surface area contributed by atoms with E-state index in [0.717, 1.165) is 11.3 Å². The number of aryl methyl sites for hydroxylation is 2. The summed E-state index contributed by atoms with van der Waals surface area (Å²) in [6.07, 6.45) is 1.33. The van der Waals surface area contributed by atoms with Gasteiger partial charge in [0.15, 0.2) is 0 Å². The summed E-state index contributed by atoms with van der Waals surface area (Å²) in [5.41, 5.74) is 3.03. The average Bonchev–Trinajstić information content (AvgIpc) is 2.46. The van der Waals surface area contributed by atoms with Gasteiger partial charge in [-0.1, -0.05) is 23.7 Å². The predicted molar refractivity (Wildman–Crippen MR) is 88.2 cm³/mol. The molecule has 2 aromatic rings. The number of benzene rings is 1. The maximum atomic E-state index is 13.0. The molecular formula is C15H16ClN3O2S. The minimum absolute atomic E-state index is 0.188. The molecule has 0 unspecified atom stereocenters. The lowest BCUT2D eigenvalue weighted by Crippen LogP contribution is -2.39. The first-order chi connectivity index (χ1) is 10.4. The van der Waals surface area contributed by atoms with Crippen LogP contribution in [0.2, 0.25) is 5.15 Å². The molecule has 1 N–H and O–H groups in total. The molecule has 1 aromatic carbocycles. The van der Waals surface area contributed by atoms with Crippen LogP contribution in [0.25, 0.3) is 0 Å². The quantitative estimate of drug-likeness (QED) is 0.856. The Morgan fingerprint density at radius 1 is 1.27 bits per heavy atom. The summed E-state index contributed by atoms with van der Waals surface area (Å²) in [6, 6.07) is 7.26. The number of hydrogen-bond acceptors (Lipinski definition) is 4. The van der Waals surface area contributed by atoms with Crippen LogP contribution >= 0.6 is 11.6 Å². The third kappa shape index (κ3) is 2.42. The van der Waals surface area contributed by atoms with Gasteiger partial charge in [-0.15, -0.1) is 0 Å². The van der Waals surface area contributed by atoms with E-state index in [1.807, 2.05) is 25.1 Å². The van der Waals surface area contributed by atoms with Gasteiger partial charge in [0, 0.05) is 12.7 Å². The SMILES string of the molecule is Cc1cc(Cl)ncc1S(=O)(=O)N1CCNc2cccc(C)c21. The molecule has 0 saturated heterocycles. The lowest BCUT2D eigenvalue weighted by atomic mass is 10.1. The zero-order valence-corrected chi connectivity index (χ0v) is 13.9. The van der Waals surface area contributed by atoms with Gasteiger partial charge < -0.3 is 5.32 Å². The van der Waals surface area contributed by atoms with Crippen LogP contribution in [0.3, 0.4) is 0 Å². The Labute approximate surface area is 135 Å². The minimum atomic E-state index is -3.67. The third-order valence-corrected chi connectivity index (χ3v) is 5.85. The Bertz CT molecular complexity index is 837. The molecule has 0 atom stereocenters. The number of para-hydroxylation sites is 1. The van der Waals surface area contributed by atoms with Gasteiger partial charge in [0.05, 0.1) is 17.9 Å². The topological polar surface area (TPSA) is 62.3 Å². The van der Waals surface area contributed by atoms with Crippen molar-refractivity contribution < 1.29 is 8.42 Å². The summed E-state index contributed by atoms with van der Waals surface area (Å²) in [4.78, 5) is 4.11. The Balaban J connectivity index is 2.16. The Morgan fingerprint density at radius 2 is 2.05 bits per heavy atom. The van der Waals surface area contributed by atoms with E-state index in [9.17, 15) is 8.42 Å². The van der Waals surface area contributed by atoms with Crippen molar-refractivity contribution >= 4 is 33.0 Å². The van der Waals surface area contributed by atoms with Gasteiger partial charge in [-0.3, -0.25) is 4.31 Å². The average molecular weight is 338 g/mol. The van der Waals surface area contributed by atoms with E-state index in [0.29, 0.717) is 24.3 Å². The van der Waals surface area contributed by atoms with Crippen LogP contribution in [0.15, 0.2) is 35.4 Å². The maximum absolute atomic E-state index is 13.0. The molecule has 1 aliphatic heterocycles. The third-order valence-electron chi connectivity index (χ3n) is 3.71. The highest BCUT2D eigenvalue weighted by Gasteiger charge is 2.31. The van der Waals surface area contributed by atoms with Gasteiger partial charge in [-0.05, 0) is 37.1 Å². The smallest absolute Gasteiger partial charge is 0.266 e. The summed E-state index contributed by atoms with van der Waals surface area (Å²) in [6.45, 7) is 4.57. The van der Waals surface area contributed by atoms with Crippen molar-refractivity contribution in [3.05, 3.63) is 46.7 Å². The first-order valence-corrected chi connectivity index (χ1v) is 8.71. The van der Waals surface area contributed by atoms with Crippen LogP contribution in [-0.2, 0) is 10.0 Å². The highest BCUT2D eigenvalue weighted by molar-refractivity contribution is 7.93. The van der Waals surface area contributed by atoms with Crippen LogP contribution in [-0.4, -0.2) is 26.5 Å². The number of sulfonamides is 1. The van der Waals surface area contributed by atoms with Crippen LogP contribution in [0, 0.1) is 13.8 Å². The fourth-order valence-electron chi connectivity index (χ4n) is 2.67. The standard InChI is InChI=1S/C15H16ClN3O2S/c1-10-4-3-5-12-15(10)19(7-6-17-12)22(20,21)13-9-18-14(16)8-11(13)2/h3-5,8-9,17H,6-7H2,1-2H3. The molecule has 7 heteroatoms. The van der Waals surface area contributed by atoms with Crippen LogP contribution in [0.1, 0.15) is 11.1 Å². The van der Waals surface area contributed by atoms with Crippen molar-refractivity contribution in [3.8, 4) is 0 Å². The largest absolute Gasteiger partial charge is 0.382 e. The second-order valence-electron chi connectivity index (χ2n) is 5.25. The van der Waals surface area contributed by atoms with Gasteiger partial charge in [0.2, 0.25) is 0 Å². The van der Waals surface area contributed by atoms with Gasteiger partial charge in [0.25, 0.3) is 10.0 Å².